The number of halogens is 1. The zero-order valence-corrected chi connectivity index (χ0v) is 12.7. The maximum atomic E-state index is 11.5. The molecule has 1 heterocycles. The molecular weight excluding hydrogens is 288 g/mol. The van der Waals surface area contributed by atoms with Crippen molar-refractivity contribution in [2.75, 3.05) is 0 Å². The number of aryl methyl sites for hydroxylation is 2. The van der Waals surface area contributed by atoms with Gasteiger partial charge in [-0.1, -0.05) is 40.9 Å². The predicted octanol–water partition coefficient (Wildman–Crippen LogP) is 3.27. The van der Waals surface area contributed by atoms with Gasteiger partial charge in [-0.25, -0.2) is 0 Å². The molecule has 4 nitrogen and oxygen atoms in total. The first kappa shape index (κ1) is 15.5. The summed E-state index contributed by atoms with van der Waals surface area (Å²) in [4.78, 5) is 15.6. The smallest absolute Gasteiger partial charge is 0.325 e. The van der Waals surface area contributed by atoms with Crippen LogP contribution in [0.1, 0.15) is 28.4 Å². The molecular formula is C16H17ClN2O2. The molecule has 2 N–H and O–H groups in total. The topological polar surface area (TPSA) is 62.2 Å². The number of hydrogen-bond acceptors (Lipinski definition) is 3. The monoisotopic (exact) mass is 304 g/mol. The van der Waals surface area contributed by atoms with Crippen LogP contribution in [0, 0.1) is 13.8 Å². The Morgan fingerprint density at radius 3 is 2.48 bits per heavy atom. The molecule has 1 atom stereocenters. The summed E-state index contributed by atoms with van der Waals surface area (Å²) in [5, 5.41) is 13.0. The minimum absolute atomic E-state index is 0.362. The molecule has 5 heteroatoms. The molecule has 0 saturated carbocycles. The summed E-state index contributed by atoms with van der Waals surface area (Å²) in [7, 11) is 0. The fourth-order valence-electron chi connectivity index (χ4n) is 2.24. The van der Waals surface area contributed by atoms with Crippen molar-refractivity contribution in [2.45, 2.75) is 26.4 Å². The van der Waals surface area contributed by atoms with Gasteiger partial charge in [0.1, 0.15) is 6.04 Å². The van der Waals surface area contributed by atoms with Crippen LogP contribution in [0.3, 0.4) is 0 Å². The second kappa shape index (κ2) is 6.70. The molecule has 1 unspecified atom stereocenters. The van der Waals surface area contributed by atoms with Gasteiger partial charge in [0.15, 0.2) is 0 Å². The molecule has 1 aromatic heterocycles. The van der Waals surface area contributed by atoms with Crippen molar-refractivity contribution < 1.29 is 9.90 Å². The van der Waals surface area contributed by atoms with Crippen molar-refractivity contribution >= 4 is 17.6 Å². The van der Waals surface area contributed by atoms with E-state index in [-0.39, 0.29) is 0 Å². The zero-order valence-electron chi connectivity index (χ0n) is 11.9. The highest BCUT2D eigenvalue weighted by atomic mass is 35.5. The lowest BCUT2D eigenvalue weighted by Crippen LogP contribution is -2.28. The van der Waals surface area contributed by atoms with Gasteiger partial charge in [-0.15, -0.1) is 0 Å². The van der Waals surface area contributed by atoms with E-state index in [4.69, 9.17) is 11.6 Å². The molecule has 0 fully saturated rings. The lowest BCUT2D eigenvalue weighted by molar-refractivity contribution is -0.139. The average molecular weight is 305 g/mol. The molecule has 2 rings (SSSR count). The van der Waals surface area contributed by atoms with E-state index < -0.39 is 12.0 Å². The number of nitrogens with one attached hydrogen (secondary N) is 1. The zero-order chi connectivity index (χ0) is 15.4. The fraction of sp³-hybridized carbons (Fsp3) is 0.250. The molecule has 0 amide bonds. The van der Waals surface area contributed by atoms with Gasteiger partial charge in [0.25, 0.3) is 0 Å². The Morgan fingerprint density at radius 1 is 1.29 bits per heavy atom. The van der Waals surface area contributed by atoms with Gasteiger partial charge in [0.05, 0.1) is 10.7 Å². The van der Waals surface area contributed by atoms with E-state index in [1.165, 1.54) is 0 Å². The van der Waals surface area contributed by atoms with E-state index in [1.54, 1.807) is 18.3 Å². The Hall–Kier alpha value is -1.91. The molecule has 110 valence electrons. The molecule has 0 saturated heterocycles. The van der Waals surface area contributed by atoms with E-state index in [9.17, 15) is 9.90 Å². The fourth-order valence-corrected chi connectivity index (χ4v) is 2.35. The highest BCUT2D eigenvalue weighted by Gasteiger charge is 2.19. The third-order valence-corrected chi connectivity index (χ3v) is 3.32. The number of pyridine rings is 1. The summed E-state index contributed by atoms with van der Waals surface area (Å²) in [6, 6.07) is 8.53. The van der Waals surface area contributed by atoms with Crippen molar-refractivity contribution in [3.05, 3.63) is 63.9 Å². The largest absolute Gasteiger partial charge is 0.480 e. The van der Waals surface area contributed by atoms with Crippen LogP contribution in [0.15, 0.2) is 36.5 Å². The van der Waals surface area contributed by atoms with Gasteiger partial charge >= 0.3 is 5.97 Å². The summed E-state index contributed by atoms with van der Waals surface area (Å²) < 4.78 is 0. The van der Waals surface area contributed by atoms with E-state index >= 15 is 0 Å². The number of benzene rings is 1. The van der Waals surface area contributed by atoms with Crippen LogP contribution >= 0.6 is 11.6 Å². The standard InChI is InChI=1S/C16H17ClN2O2/c1-10-5-11(2)7-12(6-10)15(16(20)21)19-9-14-4-3-13(17)8-18-14/h3-8,15,19H,9H2,1-2H3,(H,20,21). The van der Waals surface area contributed by atoms with Gasteiger partial charge in [-0.2, -0.15) is 0 Å². The maximum absolute atomic E-state index is 11.5. The van der Waals surface area contributed by atoms with Crippen LogP contribution in [0.2, 0.25) is 5.02 Å². The number of aromatic nitrogens is 1. The highest BCUT2D eigenvalue weighted by Crippen LogP contribution is 2.18. The SMILES string of the molecule is Cc1cc(C)cc(C(NCc2ccc(Cl)cn2)C(=O)O)c1. The van der Waals surface area contributed by atoms with Gasteiger partial charge in [-0.3, -0.25) is 15.1 Å². The molecule has 0 aliphatic carbocycles. The Balaban J connectivity index is 2.16. The number of hydrogen-bond donors (Lipinski definition) is 2. The third kappa shape index (κ3) is 4.28. The Labute approximate surface area is 128 Å². The van der Waals surface area contributed by atoms with E-state index in [2.05, 4.69) is 10.3 Å². The maximum Gasteiger partial charge on any atom is 0.325 e. The number of carboxylic acid groups (broad SMARTS) is 1. The summed E-state index contributed by atoms with van der Waals surface area (Å²) >= 11 is 5.78. The van der Waals surface area contributed by atoms with E-state index in [0.717, 1.165) is 22.4 Å². The molecule has 1 aromatic carbocycles. The molecule has 21 heavy (non-hydrogen) atoms. The quantitative estimate of drug-likeness (QED) is 0.890. The van der Waals surface area contributed by atoms with Crippen molar-refractivity contribution in [1.29, 1.82) is 0 Å². The molecule has 0 bridgehead atoms. The van der Waals surface area contributed by atoms with Crippen molar-refractivity contribution in [1.82, 2.24) is 10.3 Å². The van der Waals surface area contributed by atoms with Gasteiger partial charge < -0.3 is 5.11 Å². The Morgan fingerprint density at radius 2 is 1.95 bits per heavy atom. The van der Waals surface area contributed by atoms with Crippen LogP contribution in [-0.4, -0.2) is 16.1 Å². The molecule has 0 spiro atoms. The average Bonchev–Trinajstić information content (AvgIpc) is 2.39. The van der Waals surface area contributed by atoms with Gasteiger partial charge in [0, 0.05) is 12.7 Å². The minimum Gasteiger partial charge on any atom is -0.480 e. The first-order chi connectivity index (χ1) is 9.95. The first-order valence-electron chi connectivity index (χ1n) is 6.60. The third-order valence-electron chi connectivity index (χ3n) is 3.10. The van der Waals surface area contributed by atoms with E-state index in [1.807, 2.05) is 32.0 Å². The van der Waals surface area contributed by atoms with Crippen molar-refractivity contribution in [2.24, 2.45) is 0 Å². The number of rotatable bonds is 5. The minimum atomic E-state index is -0.908. The summed E-state index contributed by atoms with van der Waals surface area (Å²) in [6.07, 6.45) is 1.55. The molecule has 0 aliphatic heterocycles. The number of aliphatic carboxylic acids is 1. The van der Waals surface area contributed by atoms with Crippen LogP contribution in [-0.2, 0) is 11.3 Å². The van der Waals surface area contributed by atoms with E-state index in [0.29, 0.717) is 11.6 Å². The lowest BCUT2D eigenvalue weighted by atomic mass is 10.0. The normalized spacial score (nSPS) is 12.1. The van der Waals surface area contributed by atoms with Gasteiger partial charge in [0.2, 0.25) is 0 Å². The Bertz CT molecular complexity index is 621. The van der Waals surface area contributed by atoms with Crippen molar-refractivity contribution in [3.63, 3.8) is 0 Å². The number of carbonyl (C=O) groups is 1. The molecule has 0 radical (unpaired) electrons. The van der Waals surface area contributed by atoms with Crippen LogP contribution in [0.4, 0.5) is 0 Å². The lowest BCUT2D eigenvalue weighted by Gasteiger charge is -2.16. The number of nitrogens with zero attached hydrogens (tertiary/aromatic N) is 1. The summed E-state index contributed by atoms with van der Waals surface area (Å²) in [6.45, 7) is 4.27. The molecule has 0 aliphatic rings. The van der Waals surface area contributed by atoms with Crippen LogP contribution in [0.25, 0.3) is 0 Å². The summed E-state index contributed by atoms with van der Waals surface area (Å²) in [5.74, 6) is -0.908. The molecule has 2 aromatic rings. The summed E-state index contributed by atoms with van der Waals surface area (Å²) in [5.41, 5.74) is 3.58. The predicted molar refractivity (Wildman–Crippen MR) is 82.4 cm³/mol. The highest BCUT2D eigenvalue weighted by molar-refractivity contribution is 6.30. The van der Waals surface area contributed by atoms with Crippen LogP contribution in [0.5, 0.6) is 0 Å². The second-order valence-electron chi connectivity index (χ2n) is 5.04. The van der Waals surface area contributed by atoms with Gasteiger partial charge in [-0.05, 0) is 31.5 Å². The van der Waals surface area contributed by atoms with Crippen molar-refractivity contribution in [3.8, 4) is 0 Å². The second-order valence-corrected chi connectivity index (χ2v) is 5.48. The first-order valence-corrected chi connectivity index (χ1v) is 6.98. The van der Waals surface area contributed by atoms with Crippen LogP contribution < -0.4 is 5.32 Å². The Kier molecular flexibility index (Phi) is 4.94. The number of carboxylic acids is 1.